The van der Waals surface area contributed by atoms with E-state index in [9.17, 15) is 20.4 Å². The van der Waals surface area contributed by atoms with Crippen molar-refractivity contribution in [2.75, 3.05) is 13.2 Å². The van der Waals surface area contributed by atoms with E-state index >= 15 is 0 Å². The third kappa shape index (κ3) is 6.30. The molecule has 5 N–H and O–H groups in total. The van der Waals surface area contributed by atoms with Gasteiger partial charge in [0, 0.05) is 6.54 Å². The van der Waals surface area contributed by atoms with Crippen LogP contribution in [0.15, 0.2) is 0 Å². The predicted molar refractivity (Wildman–Crippen MR) is 90.3 cm³/mol. The average Bonchev–Trinajstić information content (AvgIpc) is 2.50. The fourth-order valence-electron chi connectivity index (χ4n) is 3.11. The third-order valence-corrected chi connectivity index (χ3v) is 4.71. The number of aliphatic hydroxyl groups excluding tert-OH is 4. The minimum Gasteiger partial charge on any atom is -0.394 e. The maximum atomic E-state index is 10.1. The van der Waals surface area contributed by atoms with E-state index in [4.69, 9.17) is 0 Å². The van der Waals surface area contributed by atoms with Crippen molar-refractivity contribution in [2.24, 2.45) is 0 Å². The molecule has 134 valence electrons. The first-order valence-electron chi connectivity index (χ1n) is 8.47. The van der Waals surface area contributed by atoms with Crippen LogP contribution in [0.3, 0.4) is 0 Å². The van der Waals surface area contributed by atoms with Crippen LogP contribution in [-0.2, 0) is 0 Å². The third-order valence-electron chi connectivity index (χ3n) is 4.71. The van der Waals surface area contributed by atoms with Crippen LogP contribution >= 0.6 is 12.4 Å². The number of β-amino-alcohol motifs (C(OH)–C–C–N with tert-alkyl or cyclic N) is 1. The number of rotatable bonds is 10. The molecule has 0 saturated carbocycles. The molecule has 0 aliphatic carbocycles. The molecule has 0 aromatic carbocycles. The summed E-state index contributed by atoms with van der Waals surface area (Å²) in [6, 6.07) is 0. The monoisotopic (exact) mass is 339 g/mol. The molecule has 1 rings (SSSR count). The standard InChI is InChI=1S/C16H33NO4.ClH/c1-2-3-4-5-6-7-8-9-10-16(12-18)15(21)14(20)13(19)11-17-16;/h13-15,17-21H,2-12H2,1H3;1H/t13-,14+,15-,16-;/m0./s1. The zero-order valence-electron chi connectivity index (χ0n) is 13.7. The number of hydrogen-bond donors (Lipinski definition) is 5. The number of unbranched alkanes of at least 4 members (excludes halogenated alkanes) is 7. The molecule has 1 fully saturated rings. The lowest BCUT2D eigenvalue weighted by molar-refractivity contribution is -0.135. The molecule has 0 aromatic heterocycles. The molecular weight excluding hydrogens is 306 g/mol. The van der Waals surface area contributed by atoms with E-state index in [0.29, 0.717) is 6.42 Å². The van der Waals surface area contributed by atoms with Gasteiger partial charge in [-0.25, -0.2) is 0 Å². The number of piperidine rings is 1. The van der Waals surface area contributed by atoms with E-state index in [2.05, 4.69) is 12.2 Å². The van der Waals surface area contributed by atoms with Gasteiger partial charge in [0.2, 0.25) is 0 Å². The summed E-state index contributed by atoms with van der Waals surface area (Å²) in [5, 5.41) is 42.1. The summed E-state index contributed by atoms with van der Waals surface area (Å²) in [7, 11) is 0. The molecule has 1 aliphatic heterocycles. The lowest BCUT2D eigenvalue weighted by atomic mass is 9.79. The largest absolute Gasteiger partial charge is 0.394 e. The predicted octanol–water partition coefficient (Wildman–Crippen LogP) is 1.36. The molecule has 1 saturated heterocycles. The van der Waals surface area contributed by atoms with Crippen molar-refractivity contribution in [2.45, 2.75) is 88.6 Å². The molecule has 0 spiro atoms. The Bertz CT molecular complexity index is 283. The van der Waals surface area contributed by atoms with Gasteiger partial charge in [0.05, 0.1) is 18.2 Å². The van der Waals surface area contributed by atoms with E-state index in [1.54, 1.807) is 0 Å². The molecule has 0 unspecified atom stereocenters. The summed E-state index contributed by atoms with van der Waals surface area (Å²) < 4.78 is 0. The van der Waals surface area contributed by atoms with Crippen LogP contribution in [0, 0.1) is 0 Å². The smallest absolute Gasteiger partial charge is 0.109 e. The zero-order chi connectivity index (χ0) is 15.7. The number of hydrogen-bond acceptors (Lipinski definition) is 5. The van der Waals surface area contributed by atoms with Gasteiger partial charge in [-0.2, -0.15) is 0 Å². The second kappa shape index (κ2) is 11.6. The second-order valence-electron chi connectivity index (χ2n) is 6.42. The van der Waals surface area contributed by atoms with Gasteiger partial charge in [0.15, 0.2) is 0 Å². The highest BCUT2D eigenvalue weighted by Crippen LogP contribution is 2.26. The number of nitrogens with one attached hydrogen (secondary N) is 1. The Morgan fingerprint density at radius 1 is 0.955 bits per heavy atom. The van der Waals surface area contributed by atoms with Crippen LogP contribution in [-0.4, -0.2) is 57.4 Å². The van der Waals surface area contributed by atoms with Gasteiger partial charge < -0.3 is 25.7 Å². The molecule has 0 aromatic rings. The minimum atomic E-state index is -1.19. The average molecular weight is 340 g/mol. The summed E-state index contributed by atoms with van der Waals surface area (Å²) in [5.74, 6) is 0. The second-order valence-corrected chi connectivity index (χ2v) is 6.42. The van der Waals surface area contributed by atoms with Crippen molar-refractivity contribution in [3.8, 4) is 0 Å². The SMILES string of the molecule is CCCCCCCCCC[C@@]1(CO)NC[C@H](O)[C@@H](O)[C@@H]1O.Cl. The highest BCUT2D eigenvalue weighted by atomic mass is 35.5. The molecule has 0 radical (unpaired) electrons. The van der Waals surface area contributed by atoms with Gasteiger partial charge in [-0.15, -0.1) is 12.4 Å². The maximum absolute atomic E-state index is 10.1. The first-order valence-corrected chi connectivity index (χ1v) is 8.47. The van der Waals surface area contributed by atoms with E-state index < -0.39 is 23.9 Å². The first kappa shape index (κ1) is 22.1. The maximum Gasteiger partial charge on any atom is 0.109 e. The molecule has 0 amide bonds. The van der Waals surface area contributed by atoms with Crippen LogP contribution in [0.1, 0.15) is 64.7 Å². The van der Waals surface area contributed by atoms with Gasteiger partial charge in [0.1, 0.15) is 12.2 Å². The van der Waals surface area contributed by atoms with Crippen molar-refractivity contribution >= 4 is 12.4 Å². The van der Waals surface area contributed by atoms with Crippen molar-refractivity contribution in [1.82, 2.24) is 5.32 Å². The Hall–Kier alpha value is 0.0900. The lowest BCUT2D eigenvalue weighted by Gasteiger charge is -2.45. The molecule has 5 nitrogen and oxygen atoms in total. The van der Waals surface area contributed by atoms with Crippen molar-refractivity contribution < 1.29 is 20.4 Å². The molecule has 0 bridgehead atoms. The highest BCUT2D eigenvalue weighted by molar-refractivity contribution is 5.85. The molecular formula is C16H34ClNO4. The van der Waals surface area contributed by atoms with Crippen LogP contribution in [0.25, 0.3) is 0 Å². The normalized spacial score (nSPS) is 31.8. The van der Waals surface area contributed by atoms with Crippen LogP contribution in [0.4, 0.5) is 0 Å². The van der Waals surface area contributed by atoms with Crippen molar-refractivity contribution in [3.63, 3.8) is 0 Å². The quantitative estimate of drug-likeness (QED) is 0.387. The molecule has 1 heterocycles. The molecule has 22 heavy (non-hydrogen) atoms. The van der Waals surface area contributed by atoms with Crippen molar-refractivity contribution in [3.05, 3.63) is 0 Å². The summed E-state index contributed by atoms with van der Waals surface area (Å²) in [6.07, 6.45) is 6.87. The van der Waals surface area contributed by atoms with Crippen molar-refractivity contribution in [1.29, 1.82) is 0 Å². The Labute approximate surface area is 140 Å². The summed E-state index contributed by atoms with van der Waals surface area (Å²) in [6.45, 7) is 2.19. The number of aliphatic hydroxyl groups is 4. The van der Waals surface area contributed by atoms with Crippen LogP contribution in [0.2, 0.25) is 0 Å². The Balaban J connectivity index is 0.00000441. The van der Waals surface area contributed by atoms with E-state index in [1.165, 1.54) is 38.5 Å². The van der Waals surface area contributed by atoms with E-state index in [-0.39, 0.29) is 25.6 Å². The van der Waals surface area contributed by atoms with Gasteiger partial charge in [0.25, 0.3) is 0 Å². The van der Waals surface area contributed by atoms with E-state index in [1.807, 2.05) is 0 Å². The molecule has 1 aliphatic rings. The van der Waals surface area contributed by atoms with Gasteiger partial charge in [-0.3, -0.25) is 0 Å². The van der Waals surface area contributed by atoms with Gasteiger partial charge >= 0.3 is 0 Å². The fraction of sp³-hybridized carbons (Fsp3) is 1.00. The summed E-state index contributed by atoms with van der Waals surface area (Å²) >= 11 is 0. The Morgan fingerprint density at radius 3 is 2.05 bits per heavy atom. The highest BCUT2D eigenvalue weighted by Gasteiger charge is 2.46. The topological polar surface area (TPSA) is 93.0 Å². The summed E-state index contributed by atoms with van der Waals surface area (Å²) in [4.78, 5) is 0. The first-order chi connectivity index (χ1) is 10.1. The Morgan fingerprint density at radius 2 is 1.50 bits per heavy atom. The zero-order valence-corrected chi connectivity index (χ0v) is 14.5. The van der Waals surface area contributed by atoms with E-state index in [0.717, 1.165) is 12.8 Å². The number of halogens is 1. The summed E-state index contributed by atoms with van der Waals surface area (Å²) in [5.41, 5.74) is -0.874. The Kier molecular flexibility index (Phi) is 11.6. The molecule has 4 atom stereocenters. The van der Waals surface area contributed by atoms with Gasteiger partial charge in [-0.05, 0) is 6.42 Å². The van der Waals surface area contributed by atoms with Crippen LogP contribution < -0.4 is 5.32 Å². The molecule has 6 heteroatoms. The lowest BCUT2D eigenvalue weighted by Crippen LogP contribution is -2.69. The minimum absolute atomic E-state index is 0. The van der Waals surface area contributed by atoms with Crippen LogP contribution in [0.5, 0.6) is 0 Å². The fourth-order valence-corrected chi connectivity index (χ4v) is 3.11. The van der Waals surface area contributed by atoms with Gasteiger partial charge in [-0.1, -0.05) is 58.3 Å².